The highest BCUT2D eigenvalue weighted by molar-refractivity contribution is 5.78. The lowest BCUT2D eigenvalue weighted by molar-refractivity contribution is -0.121. The average molecular weight is 157 g/mol. The number of Topliss-reactive ketones (excluding diaryl/α,β-unsaturated/α-hetero) is 1. The maximum atomic E-state index is 10.8. The van der Waals surface area contributed by atoms with E-state index in [9.17, 15) is 4.79 Å². The summed E-state index contributed by atoms with van der Waals surface area (Å²) < 4.78 is 0. The third-order valence-corrected chi connectivity index (χ3v) is 1.87. The third kappa shape index (κ3) is 4.14. The van der Waals surface area contributed by atoms with Gasteiger partial charge >= 0.3 is 0 Å². The zero-order chi connectivity index (χ0) is 8.69. The minimum absolute atomic E-state index is 0.304. The molecule has 2 heteroatoms. The van der Waals surface area contributed by atoms with Gasteiger partial charge in [0.2, 0.25) is 0 Å². The van der Waals surface area contributed by atoms with Gasteiger partial charge in [0, 0.05) is 12.5 Å². The van der Waals surface area contributed by atoms with Crippen LogP contribution in [-0.4, -0.2) is 18.9 Å². The van der Waals surface area contributed by atoms with E-state index in [0.29, 0.717) is 11.7 Å². The Morgan fingerprint density at radius 3 is 2.36 bits per heavy atom. The van der Waals surface area contributed by atoms with Crippen molar-refractivity contribution in [2.45, 2.75) is 33.6 Å². The molecule has 1 aliphatic rings. The lowest BCUT2D eigenvalue weighted by Crippen LogP contribution is -2.33. The molecule has 0 aromatic rings. The number of carbonyl (C=O) groups excluding carboxylic acids is 1. The Balaban J connectivity index is 0.000000461. The Bertz CT molecular complexity index is 106. The van der Waals surface area contributed by atoms with Gasteiger partial charge < -0.3 is 5.32 Å². The standard InChI is InChI=1S/C7H13NO.C2H6/c1-6(9)7-3-2-4-8-5-7;1-2/h7-8H,2-5H2,1H3;1-2H3. The molecule has 1 heterocycles. The molecule has 0 saturated carbocycles. The van der Waals surface area contributed by atoms with Gasteiger partial charge in [-0.05, 0) is 26.3 Å². The lowest BCUT2D eigenvalue weighted by atomic mass is 9.96. The van der Waals surface area contributed by atoms with E-state index in [0.717, 1.165) is 25.9 Å². The van der Waals surface area contributed by atoms with E-state index in [1.54, 1.807) is 6.92 Å². The van der Waals surface area contributed by atoms with E-state index in [1.165, 1.54) is 0 Å². The van der Waals surface area contributed by atoms with Crippen molar-refractivity contribution in [1.29, 1.82) is 0 Å². The summed E-state index contributed by atoms with van der Waals surface area (Å²) in [7, 11) is 0. The Morgan fingerprint density at radius 2 is 2.09 bits per heavy atom. The quantitative estimate of drug-likeness (QED) is 0.626. The molecular weight excluding hydrogens is 138 g/mol. The summed E-state index contributed by atoms with van der Waals surface area (Å²) in [4.78, 5) is 10.8. The minimum atomic E-state index is 0.304. The molecule has 1 rings (SSSR count). The van der Waals surface area contributed by atoms with Crippen LogP contribution >= 0.6 is 0 Å². The Labute approximate surface area is 69.4 Å². The highest BCUT2D eigenvalue weighted by Crippen LogP contribution is 2.09. The number of hydrogen-bond acceptors (Lipinski definition) is 2. The lowest BCUT2D eigenvalue weighted by Gasteiger charge is -2.19. The zero-order valence-corrected chi connectivity index (χ0v) is 7.81. The molecule has 1 atom stereocenters. The predicted molar refractivity (Wildman–Crippen MR) is 47.6 cm³/mol. The first kappa shape index (κ1) is 10.6. The van der Waals surface area contributed by atoms with E-state index >= 15 is 0 Å². The second-order valence-corrected chi connectivity index (χ2v) is 2.65. The van der Waals surface area contributed by atoms with Gasteiger partial charge in [0.15, 0.2) is 0 Å². The summed E-state index contributed by atoms with van der Waals surface area (Å²) in [6, 6.07) is 0. The largest absolute Gasteiger partial charge is 0.316 e. The second kappa shape index (κ2) is 6.35. The van der Waals surface area contributed by atoms with Crippen molar-refractivity contribution < 1.29 is 4.79 Å². The van der Waals surface area contributed by atoms with E-state index < -0.39 is 0 Å². The molecule has 0 amide bonds. The van der Waals surface area contributed by atoms with Gasteiger partial charge in [-0.1, -0.05) is 13.8 Å². The molecule has 1 unspecified atom stereocenters. The molecular formula is C9H19NO. The Hall–Kier alpha value is -0.370. The fraction of sp³-hybridized carbons (Fsp3) is 0.889. The first-order valence-corrected chi connectivity index (χ1v) is 4.52. The molecule has 1 N–H and O–H groups in total. The molecule has 66 valence electrons. The maximum Gasteiger partial charge on any atom is 0.134 e. The molecule has 1 fully saturated rings. The van der Waals surface area contributed by atoms with Crippen LogP contribution in [0.5, 0.6) is 0 Å². The van der Waals surface area contributed by atoms with Crippen molar-refractivity contribution in [2.75, 3.05) is 13.1 Å². The molecule has 0 aromatic heterocycles. The average Bonchev–Trinajstić information content (AvgIpc) is 2.10. The Kier molecular flexibility index (Phi) is 6.13. The van der Waals surface area contributed by atoms with Crippen molar-refractivity contribution >= 4 is 5.78 Å². The predicted octanol–water partition coefficient (Wildman–Crippen LogP) is 1.60. The zero-order valence-electron chi connectivity index (χ0n) is 7.81. The summed E-state index contributed by atoms with van der Waals surface area (Å²) in [6.07, 6.45) is 2.24. The second-order valence-electron chi connectivity index (χ2n) is 2.65. The van der Waals surface area contributed by atoms with Crippen LogP contribution in [0.4, 0.5) is 0 Å². The topological polar surface area (TPSA) is 29.1 Å². The molecule has 11 heavy (non-hydrogen) atoms. The molecule has 0 bridgehead atoms. The summed E-state index contributed by atoms with van der Waals surface area (Å²) in [6.45, 7) is 7.66. The smallest absolute Gasteiger partial charge is 0.134 e. The van der Waals surface area contributed by atoms with Crippen molar-refractivity contribution in [2.24, 2.45) is 5.92 Å². The monoisotopic (exact) mass is 157 g/mol. The third-order valence-electron chi connectivity index (χ3n) is 1.87. The number of ketones is 1. The van der Waals surface area contributed by atoms with E-state index in [1.807, 2.05) is 13.8 Å². The van der Waals surface area contributed by atoms with Crippen LogP contribution in [0.15, 0.2) is 0 Å². The summed E-state index contributed by atoms with van der Waals surface area (Å²) >= 11 is 0. The van der Waals surface area contributed by atoms with Gasteiger partial charge in [-0.25, -0.2) is 0 Å². The van der Waals surface area contributed by atoms with E-state index in [-0.39, 0.29) is 0 Å². The van der Waals surface area contributed by atoms with Gasteiger partial charge in [0.05, 0.1) is 0 Å². The fourth-order valence-corrected chi connectivity index (χ4v) is 1.20. The molecule has 0 aromatic carbocycles. The molecule has 0 aliphatic carbocycles. The number of hydrogen-bond donors (Lipinski definition) is 1. The molecule has 1 saturated heterocycles. The molecule has 2 nitrogen and oxygen atoms in total. The SMILES string of the molecule is CC.CC(=O)C1CCCNC1. The van der Waals surface area contributed by atoms with Gasteiger partial charge in [-0.3, -0.25) is 4.79 Å². The van der Waals surface area contributed by atoms with Crippen molar-refractivity contribution in [1.82, 2.24) is 5.32 Å². The molecule has 0 radical (unpaired) electrons. The van der Waals surface area contributed by atoms with Crippen LogP contribution in [0.2, 0.25) is 0 Å². The normalized spacial score (nSPS) is 23.4. The van der Waals surface area contributed by atoms with Crippen LogP contribution in [0.3, 0.4) is 0 Å². The molecule has 0 spiro atoms. The Morgan fingerprint density at radius 1 is 1.45 bits per heavy atom. The van der Waals surface area contributed by atoms with Gasteiger partial charge in [-0.2, -0.15) is 0 Å². The van der Waals surface area contributed by atoms with Crippen LogP contribution in [0.25, 0.3) is 0 Å². The highest BCUT2D eigenvalue weighted by atomic mass is 16.1. The first-order chi connectivity index (χ1) is 5.30. The summed E-state index contributed by atoms with van der Waals surface area (Å²) in [5.74, 6) is 0.640. The summed E-state index contributed by atoms with van der Waals surface area (Å²) in [5, 5.41) is 3.20. The van der Waals surface area contributed by atoms with Crippen molar-refractivity contribution in [3.8, 4) is 0 Å². The van der Waals surface area contributed by atoms with Crippen molar-refractivity contribution in [3.63, 3.8) is 0 Å². The fourth-order valence-electron chi connectivity index (χ4n) is 1.20. The van der Waals surface area contributed by atoms with Crippen LogP contribution in [0, 0.1) is 5.92 Å². The van der Waals surface area contributed by atoms with Crippen LogP contribution < -0.4 is 5.32 Å². The van der Waals surface area contributed by atoms with Gasteiger partial charge in [0.25, 0.3) is 0 Å². The van der Waals surface area contributed by atoms with Gasteiger partial charge in [0.1, 0.15) is 5.78 Å². The molecule has 1 aliphatic heterocycles. The van der Waals surface area contributed by atoms with Crippen LogP contribution in [-0.2, 0) is 4.79 Å². The summed E-state index contributed by atoms with van der Waals surface area (Å²) in [5.41, 5.74) is 0. The number of nitrogens with one attached hydrogen (secondary N) is 1. The minimum Gasteiger partial charge on any atom is -0.316 e. The number of piperidine rings is 1. The number of carbonyl (C=O) groups is 1. The first-order valence-electron chi connectivity index (χ1n) is 4.52. The van der Waals surface area contributed by atoms with Gasteiger partial charge in [-0.15, -0.1) is 0 Å². The van der Waals surface area contributed by atoms with Crippen molar-refractivity contribution in [3.05, 3.63) is 0 Å². The van der Waals surface area contributed by atoms with E-state index in [2.05, 4.69) is 5.32 Å². The highest BCUT2D eigenvalue weighted by Gasteiger charge is 2.16. The van der Waals surface area contributed by atoms with Crippen LogP contribution in [0.1, 0.15) is 33.6 Å². The number of rotatable bonds is 1. The maximum absolute atomic E-state index is 10.8. The van der Waals surface area contributed by atoms with E-state index in [4.69, 9.17) is 0 Å².